The lowest BCUT2D eigenvalue weighted by Crippen LogP contribution is -2.02. The average molecular weight is 284 g/mol. The molecule has 0 unspecified atom stereocenters. The number of rotatable bonds is 4. The summed E-state index contributed by atoms with van der Waals surface area (Å²) >= 11 is 1.57. The highest BCUT2D eigenvalue weighted by Gasteiger charge is 2.06. The number of nitrogens with zero attached hydrogens (tertiary/aromatic N) is 1. The molecule has 0 bridgehead atoms. The Morgan fingerprint density at radius 1 is 1.15 bits per heavy atom. The van der Waals surface area contributed by atoms with Gasteiger partial charge in [0.1, 0.15) is 5.75 Å². The second-order valence-corrected chi connectivity index (χ2v) is 5.73. The number of thiazole rings is 1. The molecule has 0 fully saturated rings. The Morgan fingerprint density at radius 3 is 2.70 bits per heavy atom. The molecule has 3 aromatic rings. The minimum Gasteiger partial charge on any atom is -0.431 e. The van der Waals surface area contributed by atoms with Crippen LogP contribution >= 0.6 is 11.3 Å². The number of aromatic nitrogens is 1. The van der Waals surface area contributed by atoms with Crippen molar-refractivity contribution in [1.29, 1.82) is 0 Å². The maximum atomic E-state index is 5.81. The molecule has 0 atom stereocenters. The molecular weight excluding hydrogens is 268 g/mol. The van der Waals surface area contributed by atoms with Gasteiger partial charge in [0.15, 0.2) is 0 Å². The second kappa shape index (κ2) is 5.61. The van der Waals surface area contributed by atoms with Crippen molar-refractivity contribution in [3.8, 4) is 10.9 Å². The van der Waals surface area contributed by atoms with E-state index in [0.717, 1.165) is 22.4 Å². The molecule has 0 saturated heterocycles. The molecule has 0 aliphatic heterocycles. The largest absolute Gasteiger partial charge is 0.431 e. The third-order valence-corrected chi connectivity index (χ3v) is 3.98. The zero-order valence-corrected chi connectivity index (χ0v) is 12.1. The van der Waals surface area contributed by atoms with Gasteiger partial charge >= 0.3 is 0 Å². The number of hydrogen-bond acceptors (Lipinski definition) is 4. The summed E-state index contributed by atoms with van der Waals surface area (Å²) in [6.45, 7) is 2.74. The third kappa shape index (κ3) is 2.81. The van der Waals surface area contributed by atoms with Gasteiger partial charge in [-0.1, -0.05) is 29.5 Å². The van der Waals surface area contributed by atoms with Gasteiger partial charge in [-0.15, -0.1) is 0 Å². The monoisotopic (exact) mass is 284 g/mol. The topological polar surface area (TPSA) is 48.1 Å². The summed E-state index contributed by atoms with van der Waals surface area (Å²) in [5, 5.41) is 0.678. The fraction of sp³-hybridized carbons (Fsp3) is 0.188. The van der Waals surface area contributed by atoms with Crippen molar-refractivity contribution in [1.82, 2.24) is 4.98 Å². The third-order valence-electron chi connectivity index (χ3n) is 3.09. The first-order chi connectivity index (χ1) is 9.74. The highest BCUT2D eigenvalue weighted by Crippen LogP contribution is 2.31. The lowest BCUT2D eigenvalue weighted by Gasteiger charge is -2.02. The Labute approximate surface area is 122 Å². The molecule has 20 heavy (non-hydrogen) atoms. The van der Waals surface area contributed by atoms with Gasteiger partial charge in [0, 0.05) is 0 Å². The summed E-state index contributed by atoms with van der Waals surface area (Å²) in [7, 11) is 0. The fourth-order valence-electron chi connectivity index (χ4n) is 2.05. The molecule has 3 nitrogen and oxygen atoms in total. The first-order valence-corrected chi connectivity index (χ1v) is 7.40. The molecule has 2 aromatic carbocycles. The summed E-state index contributed by atoms with van der Waals surface area (Å²) in [5.41, 5.74) is 8.98. The molecule has 3 rings (SSSR count). The Balaban J connectivity index is 1.81. The van der Waals surface area contributed by atoms with Crippen molar-refractivity contribution in [2.24, 2.45) is 5.73 Å². The lowest BCUT2D eigenvalue weighted by molar-refractivity contribution is 0.480. The number of fused-ring (bicyclic) bond motifs is 1. The van der Waals surface area contributed by atoms with Gasteiger partial charge in [0.05, 0.1) is 10.2 Å². The zero-order valence-electron chi connectivity index (χ0n) is 11.3. The highest BCUT2D eigenvalue weighted by atomic mass is 32.1. The highest BCUT2D eigenvalue weighted by molar-refractivity contribution is 7.20. The van der Waals surface area contributed by atoms with E-state index in [4.69, 9.17) is 10.5 Å². The molecule has 0 spiro atoms. The number of hydrogen-bond donors (Lipinski definition) is 1. The van der Waals surface area contributed by atoms with Crippen LogP contribution in [0, 0.1) is 6.92 Å². The van der Waals surface area contributed by atoms with Crippen LogP contribution in [0.4, 0.5) is 0 Å². The van der Waals surface area contributed by atoms with Crippen LogP contribution in [0.15, 0.2) is 42.5 Å². The van der Waals surface area contributed by atoms with Gasteiger partial charge < -0.3 is 10.5 Å². The molecule has 1 heterocycles. The summed E-state index contributed by atoms with van der Waals surface area (Å²) < 4.78 is 6.97. The molecule has 4 heteroatoms. The van der Waals surface area contributed by atoms with E-state index in [1.54, 1.807) is 11.3 Å². The standard InChI is InChI=1S/C16H16N2OS/c1-11-2-7-14-15(10-11)20-16(18-14)19-13-5-3-12(4-6-13)8-9-17/h2-7,10H,8-9,17H2,1H3. The van der Waals surface area contributed by atoms with Crippen LogP contribution in [0.3, 0.4) is 0 Å². The van der Waals surface area contributed by atoms with Gasteiger partial charge in [-0.25, -0.2) is 4.98 Å². The van der Waals surface area contributed by atoms with Crippen molar-refractivity contribution in [2.75, 3.05) is 6.54 Å². The molecular formula is C16H16N2OS. The van der Waals surface area contributed by atoms with Crippen molar-refractivity contribution < 1.29 is 4.74 Å². The lowest BCUT2D eigenvalue weighted by atomic mass is 10.1. The van der Waals surface area contributed by atoms with Gasteiger partial charge in [-0.2, -0.15) is 0 Å². The van der Waals surface area contributed by atoms with Crippen LogP contribution in [-0.4, -0.2) is 11.5 Å². The first kappa shape index (κ1) is 13.1. The molecule has 0 amide bonds. The van der Waals surface area contributed by atoms with E-state index in [-0.39, 0.29) is 0 Å². The molecule has 0 saturated carbocycles. The van der Waals surface area contributed by atoms with Crippen LogP contribution in [0.5, 0.6) is 10.9 Å². The molecule has 0 aliphatic carbocycles. The predicted octanol–water partition coefficient (Wildman–Crippen LogP) is 3.90. The predicted molar refractivity (Wildman–Crippen MR) is 83.6 cm³/mol. The van der Waals surface area contributed by atoms with E-state index < -0.39 is 0 Å². The number of benzene rings is 2. The first-order valence-electron chi connectivity index (χ1n) is 6.58. The normalized spacial score (nSPS) is 10.9. The molecule has 0 aliphatic rings. The smallest absolute Gasteiger partial charge is 0.279 e. The van der Waals surface area contributed by atoms with Crippen LogP contribution < -0.4 is 10.5 Å². The summed E-state index contributed by atoms with van der Waals surface area (Å²) in [4.78, 5) is 4.48. The van der Waals surface area contributed by atoms with Crippen LogP contribution in [0.25, 0.3) is 10.2 Å². The maximum Gasteiger partial charge on any atom is 0.279 e. The van der Waals surface area contributed by atoms with Gasteiger partial charge in [0.25, 0.3) is 5.19 Å². The van der Waals surface area contributed by atoms with Crippen molar-refractivity contribution >= 4 is 21.6 Å². The summed E-state index contributed by atoms with van der Waals surface area (Å²) in [6, 6.07) is 14.2. The Morgan fingerprint density at radius 2 is 1.95 bits per heavy atom. The Kier molecular flexibility index (Phi) is 3.67. The van der Waals surface area contributed by atoms with Crippen molar-refractivity contribution in [3.63, 3.8) is 0 Å². The summed E-state index contributed by atoms with van der Waals surface area (Å²) in [6.07, 6.45) is 0.890. The molecule has 1 aromatic heterocycles. The second-order valence-electron chi connectivity index (χ2n) is 4.74. The fourth-order valence-corrected chi connectivity index (χ4v) is 2.98. The SMILES string of the molecule is Cc1ccc2nc(Oc3ccc(CCN)cc3)sc2c1. The van der Waals surface area contributed by atoms with Crippen LogP contribution in [0.2, 0.25) is 0 Å². The van der Waals surface area contributed by atoms with E-state index in [9.17, 15) is 0 Å². The van der Waals surface area contributed by atoms with Crippen molar-refractivity contribution in [2.45, 2.75) is 13.3 Å². The maximum absolute atomic E-state index is 5.81. The van der Waals surface area contributed by atoms with E-state index in [1.807, 2.05) is 30.3 Å². The number of ether oxygens (including phenoxy) is 1. The molecule has 2 N–H and O–H groups in total. The quantitative estimate of drug-likeness (QED) is 0.790. The Hall–Kier alpha value is -1.91. The van der Waals surface area contributed by atoms with E-state index in [1.165, 1.54) is 11.1 Å². The van der Waals surface area contributed by atoms with Gasteiger partial charge in [-0.3, -0.25) is 0 Å². The summed E-state index contributed by atoms with van der Waals surface area (Å²) in [5.74, 6) is 0.807. The van der Waals surface area contributed by atoms with Crippen LogP contribution in [0.1, 0.15) is 11.1 Å². The van der Waals surface area contributed by atoms with E-state index in [0.29, 0.717) is 11.7 Å². The van der Waals surface area contributed by atoms with E-state index >= 15 is 0 Å². The molecule has 0 radical (unpaired) electrons. The van der Waals surface area contributed by atoms with E-state index in [2.05, 4.69) is 24.0 Å². The number of nitrogens with two attached hydrogens (primary N) is 1. The average Bonchev–Trinajstić information content (AvgIpc) is 2.82. The van der Waals surface area contributed by atoms with Crippen molar-refractivity contribution in [3.05, 3.63) is 53.6 Å². The molecule has 102 valence electrons. The minimum atomic E-state index is 0.664. The minimum absolute atomic E-state index is 0.664. The zero-order chi connectivity index (χ0) is 13.9. The number of aryl methyl sites for hydroxylation is 1. The Bertz CT molecular complexity index is 719. The van der Waals surface area contributed by atoms with Gasteiger partial charge in [-0.05, 0) is 55.3 Å². The van der Waals surface area contributed by atoms with Gasteiger partial charge in [0.2, 0.25) is 0 Å². The van der Waals surface area contributed by atoms with Crippen LogP contribution in [-0.2, 0) is 6.42 Å².